The molecule has 3 aromatic rings. The van der Waals surface area contributed by atoms with Crippen molar-refractivity contribution in [2.45, 2.75) is 31.9 Å². The fraction of sp³-hybridized carbons (Fsp3) is 0.391. The zero-order chi connectivity index (χ0) is 22.1. The summed E-state index contributed by atoms with van der Waals surface area (Å²) < 4.78 is 40.0. The van der Waals surface area contributed by atoms with Crippen LogP contribution < -0.4 is 10.1 Å². The van der Waals surface area contributed by atoms with E-state index in [0.29, 0.717) is 12.0 Å². The molecule has 0 spiro atoms. The quantitative estimate of drug-likeness (QED) is 0.619. The van der Waals surface area contributed by atoms with Crippen LogP contribution in [0.1, 0.15) is 19.8 Å². The Morgan fingerprint density at radius 1 is 1.12 bits per heavy atom. The van der Waals surface area contributed by atoms with Gasteiger partial charge >= 0.3 is 0 Å². The first kappa shape index (κ1) is 20.8. The van der Waals surface area contributed by atoms with Crippen LogP contribution in [0.5, 0.6) is 5.75 Å². The molecular weight excluding hydrogens is 416 g/mol. The van der Waals surface area contributed by atoms with Crippen LogP contribution >= 0.6 is 0 Å². The van der Waals surface area contributed by atoms with Crippen LogP contribution in [0.3, 0.4) is 0 Å². The van der Waals surface area contributed by atoms with Crippen LogP contribution in [0.2, 0.25) is 0 Å². The Kier molecular flexibility index (Phi) is 5.75. The van der Waals surface area contributed by atoms with Crippen LogP contribution in [0.25, 0.3) is 5.69 Å². The van der Waals surface area contributed by atoms with Gasteiger partial charge in [0.2, 0.25) is 5.95 Å². The molecule has 2 aliphatic rings. The van der Waals surface area contributed by atoms with E-state index in [1.54, 1.807) is 0 Å². The van der Waals surface area contributed by atoms with E-state index in [4.69, 9.17) is 9.47 Å². The average Bonchev–Trinajstić information content (AvgIpc) is 3.14. The van der Waals surface area contributed by atoms with E-state index >= 15 is 0 Å². The Bertz CT molecular complexity index is 1090. The number of hydrogen-bond acceptors (Lipinski definition) is 6. The third kappa shape index (κ3) is 4.73. The van der Waals surface area contributed by atoms with Crippen LogP contribution in [0.4, 0.5) is 20.4 Å². The molecule has 0 bridgehead atoms. The molecule has 1 atom stereocenters. The molecule has 0 amide bonds. The number of halogens is 2. The number of likely N-dealkylation sites (tertiary alicyclic amines) is 1. The minimum absolute atomic E-state index is 0. The predicted molar refractivity (Wildman–Crippen MR) is 118 cm³/mol. The average molecular weight is 443 g/mol. The number of ether oxygens (including phenoxy) is 2. The van der Waals surface area contributed by atoms with Gasteiger partial charge in [-0.3, -0.25) is 4.90 Å². The maximum absolute atomic E-state index is 13.5. The standard InChI is InChI=1S/C23H25F2N5O2.H2/c1-15-5-18(27-23-26-14-30(28-23)19-8-16(24)7-17(25)9-19)10-22(6-15)32-21-3-2-4-29(11-21)20-12-31-13-20;/h5-10,14,20-21H,2-4,11-13H2,1H3,(H,27,28);1H/t21-;/m0./s1. The van der Waals surface area contributed by atoms with E-state index in [1.165, 1.54) is 23.1 Å². The number of nitrogens with zero attached hydrogens (tertiary/aromatic N) is 4. The van der Waals surface area contributed by atoms with Crippen molar-refractivity contribution in [3.05, 3.63) is 59.9 Å². The molecule has 0 saturated carbocycles. The number of aromatic nitrogens is 3. The molecule has 2 fully saturated rings. The number of aryl methyl sites for hydroxylation is 1. The molecule has 3 heterocycles. The molecular formula is C23H27F2N5O2. The zero-order valence-corrected chi connectivity index (χ0v) is 17.8. The van der Waals surface area contributed by atoms with Gasteiger partial charge in [-0.1, -0.05) is 0 Å². The highest BCUT2D eigenvalue weighted by Crippen LogP contribution is 2.27. The van der Waals surface area contributed by atoms with Crippen LogP contribution in [-0.2, 0) is 4.74 Å². The molecule has 1 N–H and O–H groups in total. The Labute approximate surface area is 186 Å². The molecule has 2 aliphatic heterocycles. The summed E-state index contributed by atoms with van der Waals surface area (Å²) in [6, 6.07) is 9.63. The third-order valence-corrected chi connectivity index (χ3v) is 5.76. The molecule has 2 saturated heterocycles. The Morgan fingerprint density at radius 2 is 1.94 bits per heavy atom. The van der Waals surface area contributed by atoms with Gasteiger partial charge in [0.15, 0.2) is 0 Å². The monoisotopic (exact) mass is 443 g/mol. The Balaban J connectivity index is 0.00000259. The van der Waals surface area contributed by atoms with Gasteiger partial charge in [-0.15, -0.1) is 5.10 Å². The fourth-order valence-corrected chi connectivity index (χ4v) is 4.15. The maximum atomic E-state index is 13.5. The topological polar surface area (TPSA) is 64.4 Å². The van der Waals surface area contributed by atoms with Crippen molar-refractivity contribution in [1.82, 2.24) is 19.7 Å². The van der Waals surface area contributed by atoms with Crippen molar-refractivity contribution >= 4 is 11.6 Å². The van der Waals surface area contributed by atoms with Gasteiger partial charge in [0.25, 0.3) is 0 Å². The highest BCUT2D eigenvalue weighted by atomic mass is 19.1. The van der Waals surface area contributed by atoms with Crippen molar-refractivity contribution in [3.63, 3.8) is 0 Å². The summed E-state index contributed by atoms with van der Waals surface area (Å²) in [5.41, 5.74) is 2.08. The highest BCUT2D eigenvalue weighted by molar-refractivity contribution is 5.57. The lowest BCUT2D eigenvalue weighted by molar-refractivity contribution is -0.0825. The van der Waals surface area contributed by atoms with E-state index in [-0.39, 0.29) is 13.2 Å². The van der Waals surface area contributed by atoms with Crippen molar-refractivity contribution < 1.29 is 19.7 Å². The molecule has 1 aromatic heterocycles. The molecule has 0 unspecified atom stereocenters. The van der Waals surface area contributed by atoms with E-state index in [1.807, 2.05) is 25.1 Å². The first-order chi connectivity index (χ1) is 15.5. The largest absolute Gasteiger partial charge is 0.489 e. The Hall–Kier alpha value is -3.04. The number of anilines is 2. The minimum Gasteiger partial charge on any atom is -0.489 e. The summed E-state index contributed by atoms with van der Waals surface area (Å²) >= 11 is 0. The van der Waals surface area contributed by atoms with Gasteiger partial charge < -0.3 is 14.8 Å². The summed E-state index contributed by atoms with van der Waals surface area (Å²) in [7, 11) is 0. The van der Waals surface area contributed by atoms with Gasteiger partial charge in [-0.05, 0) is 56.1 Å². The molecule has 5 rings (SSSR count). The minimum atomic E-state index is -0.670. The maximum Gasteiger partial charge on any atom is 0.246 e. The van der Waals surface area contributed by atoms with Crippen molar-refractivity contribution in [3.8, 4) is 11.4 Å². The first-order valence-corrected chi connectivity index (χ1v) is 10.8. The number of rotatable bonds is 6. The van der Waals surface area contributed by atoms with Crippen LogP contribution in [0.15, 0.2) is 42.7 Å². The van der Waals surface area contributed by atoms with E-state index in [2.05, 4.69) is 20.3 Å². The predicted octanol–water partition coefficient (Wildman–Crippen LogP) is 4.09. The smallest absolute Gasteiger partial charge is 0.246 e. The molecule has 9 heteroatoms. The van der Waals surface area contributed by atoms with Crippen LogP contribution in [0, 0.1) is 18.6 Å². The molecule has 0 radical (unpaired) electrons. The summed E-state index contributed by atoms with van der Waals surface area (Å²) in [5.74, 6) is -0.232. The summed E-state index contributed by atoms with van der Waals surface area (Å²) in [6.07, 6.45) is 3.68. The lowest BCUT2D eigenvalue weighted by atomic mass is 10.0. The second-order valence-electron chi connectivity index (χ2n) is 8.37. The molecule has 2 aromatic carbocycles. The Morgan fingerprint density at radius 3 is 2.69 bits per heavy atom. The lowest BCUT2D eigenvalue weighted by Crippen LogP contribution is -2.54. The zero-order valence-electron chi connectivity index (χ0n) is 17.8. The number of benzene rings is 2. The third-order valence-electron chi connectivity index (χ3n) is 5.76. The van der Waals surface area contributed by atoms with Gasteiger partial charge in [0, 0.05) is 25.8 Å². The number of hydrogen-bond donors (Lipinski definition) is 1. The SMILES string of the molecule is Cc1cc(Nc2ncn(-c3cc(F)cc(F)c3)n2)cc(O[C@H]2CCCN(C3COC3)C2)c1.[HH]. The molecule has 170 valence electrons. The van der Waals surface area contributed by atoms with Gasteiger partial charge in [0.05, 0.1) is 24.9 Å². The van der Waals surface area contributed by atoms with Gasteiger partial charge in [0.1, 0.15) is 29.8 Å². The number of nitrogens with one attached hydrogen (secondary N) is 1. The van der Waals surface area contributed by atoms with Crippen molar-refractivity contribution in [1.29, 1.82) is 0 Å². The second-order valence-corrected chi connectivity index (χ2v) is 8.37. The van der Waals surface area contributed by atoms with E-state index in [0.717, 1.165) is 62.2 Å². The second kappa shape index (κ2) is 8.84. The summed E-state index contributed by atoms with van der Waals surface area (Å²) in [5, 5.41) is 7.43. The lowest BCUT2D eigenvalue weighted by Gasteiger charge is -2.41. The summed E-state index contributed by atoms with van der Waals surface area (Å²) in [4.78, 5) is 6.66. The number of piperidine rings is 1. The molecule has 7 nitrogen and oxygen atoms in total. The normalized spacial score (nSPS) is 19.5. The fourth-order valence-electron chi connectivity index (χ4n) is 4.15. The van der Waals surface area contributed by atoms with Crippen LogP contribution in [-0.4, -0.2) is 58.1 Å². The molecule has 0 aliphatic carbocycles. The van der Waals surface area contributed by atoms with E-state index in [9.17, 15) is 8.78 Å². The van der Waals surface area contributed by atoms with Gasteiger partial charge in [-0.25, -0.2) is 13.5 Å². The van der Waals surface area contributed by atoms with Gasteiger partial charge in [-0.2, -0.15) is 4.98 Å². The molecule has 32 heavy (non-hydrogen) atoms. The summed E-state index contributed by atoms with van der Waals surface area (Å²) in [6.45, 7) is 5.62. The highest BCUT2D eigenvalue weighted by Gasteiger charge is 2.31. The van der Waals surface area contributed by atoms with Crippen molar-refractivity contribution in [2.75, 3.05) is 31.6 Å². The van der Waals surface area contributed by atoms with E-state index < -0.39 is 11.6 Å². The van der Waals surface area contributed by atoms with Crippen molar-refractivity contribution in [2.24, 2.45) is 0 Å². The first-order valence-electron chi connectivity index (χ1n) is 10.8.